The van der Waals surface area contributed by atoms with Gasteiger partial charge in [-0.25, -0.2) is 9.78 Å². The number of β-amino-alcohol motifs (C(OH)–C–C–N with tert-alkyl or cyclic N) is 1. The van der Waals surface area contributed by atoms with Crippen LogP contribution in [0.2, 0.25) is 0 Å². The quantitative estimate of drug-likeness (QED) is 0.182. The number of aromatic amines is 1. The number of carbonyl (C=O) groups is 1. The van der Waals surface area contributed by atoms with E-state index in [0.717, 1.165) is 28.6 Å². The van der Waals surface area contributed by atoms with Gasteiger partial charge in [0, 0.05) is 35.4 Å². The number of nitrogens with one attached hydrogen (secondary N) is 2. The number of aliphatic hydroxyl groups is 1. The van der Waals surface area contributed by atoms with Crippen molar-refractivity contribution >= 4 is 16.9 Å². The van der Waals surface area contributed by atoms with Crippen molar-refractivity contribution in [1.29, 1.82) is 0 Å². The molecule has 0 radical (unpaired) electrons. The molecule has 0 saturated heterocycles. The van der Waals surface area contributed by atoms with E-state index in [1.54, 1.807) is 18.3 Å². The fourth-order valence-electron chi connectivity index (χ4n) is 3.92. The molecule has 8 nitrogen and oxygen atoms in total. The first kappa shape index (κ1) is 32.3. The molecule has 40 heavy (non-hydrogen) atoms. The maximum Gasteiger partial charge on any atom is 0.343 e. The van der Waals surface area contributed by atoms with Crippen LogP contribution < -0.4 is 14.8 Å². The van der Waals surface area contributed by atoms with E-state index >= 15 is 0 Å². The molecule has 3 N–H and O–H groups in total. The van der Waals surface area contributed by atoms with Crippen LogP contribution in [0, 0.1) is 0 Å². The summed E-state index contributed by atoms with van der Waals surface area (Å²) in [4.78, 5) is 19.2. The number of ether oxygens (including phenoxy) is 3. The zero-order valence-electron chi connectivity index (χ0n) is 24.7. The number of carbonyl (C=O) groups excluding carboxylic acids is 1. The Morgan fingerprint density at radius 3 is 2.45 bits per heavy atom. The Hall–Kier alpha value is -3.88. The molecule has 8 heteroatoms. The number of aliphatic hydroxyl groups excluding tert-OH is 1. The molecule has 0 aliphatic heterocycles. The molecular weight excluding hydrogens is 506 g/mol. The summed E-state index contributed by atoms with van der Waals surface area (Å²) in [6.45, 7) is 12.8. The Bertz CT molecular complexity index is 1300. The number of hydrogen-bond donors (Lipinski definition) is 3. The molecule has 4 aromatic rings. The van der Waals surface area contributed by atoms with Crippen LogP contribution in [0.1, 0.15) is 57.5 Å². The molecule has 2 aromatic carbocycles. The second kappa shape index (κ2) is 16.3. The SMILES string of the molecule is CC.CC.COC(=O)c1cccnc1Oc1ccc(CC(C)(C)NCC(O)COc2cccc3[nH]ccc23)cc1. The largest absolute Gasteiger partial charge is 0.490 e. The topological polar surface area (TPSA) is 106 Å². The Kier molecular flexibility index (Phi) is 13.2. The highest BCUT2D eigenvalue weighted by Gasteiger charge is 2.20. The number of pyridine rings is 1. The Morgan fingerprint density at radius 1 is 1.02 bits per heavy atom. The fourth-order valence-corrected chi connectivity index (χ4v) is 3.92. The minimum Gasteiger partial charge on any atom is -0.490 e. The lowest BCUT2D eigenvalue weighted by atomic mass is 9.94. The summed E-state index contributed by atoms with van der Waals surface area (Å²) in [6, 6.07) is 18.6. The van der Waals surface area contributed by atoms with E-state index in [1.807, 2.05) is 82.4 Å². The second-order valence-corrected chi connectivity index (χ2v) is 9.20. The van der Waals surface area contributed by atoms with E-state index in [-0.39, 0.29) is 23.6 Å². The van der Waals surface area contributed by atoms with Gasteiger partial charge in [-0.05, 0) is 68.3 Å². The minimum atomic E-state index is -0.656. The molecular formula is C32H43N3O5. The maximum atomic E-state index is 11.9. The van der Waals surface area contributed by atoms with Crippen molar-refractivity contribution in [1.82, 2.24) is 15.3 Å². The second-order valence-electron chi connectivity index (χ2n) is 9.20. The van der Waals surface area contributed by atoms with Crippen LogP contribution in [0.5, 0.6) is 17.4 Å². The number of esters is 1. The normalized spacial score (nSPS) is 11.4. The van der Waals surface area contributed by atoms with E-state index in [4.69, 9.17) is 14.2 Å². The van der Waals surface area contributed by atoms with Gasteiger partial charge in [0.05, 0.1) is 7.11 Å². The zero-order chi connectivity index (χ0) is 29.5. The average molecular weight is 550 g/mol. The summed E-state index contributed by atoms with van der Waals surface area (Å²) < 4.78 is 16.4. The highest BCUT2D eigenvalue weighted by atomic mass is 16.5. The van der Waals surface area contributed by atoms with Crippen molar-refractivity contribution in [3.63, 3.8) is 0 Å². The van der Waals surface area contributed by atoms with Gasteiger partial charge >= 0.3 is 5.97 Å². The molecule has 0 aliphatic rings. The molecule has 216 valence electrons. The molecule has 0 saturated carbocycles. The van der Waals surface area contributed by atoms with Gasteiger partial charge in [0.2, 0.25) is 5.88 Å². The molecule has 0 spiro atoms. The smallest absolute Gasteiger partial charge is 0.343 e. The predicted octanol–water partition coefficient (Wildman–Crippen LogP) is 6.54. The summed E-state index contributed by atoms with van der Waals surface area (Å²) in [5.41, 5.74) is 2.10. The molecule has 2 heterocycles. The van der Waals surface area contributed by atoms with Crippen molar-refractivity contribution in [2.45, 2.75) is 59.6 Å². The summed E-state index contributed by atoms with van der Waals surface area (Å²) >= 11 is 0. The van der Waals surface area contributed by atoms with Crippen LogP contribution in [-0.4, -0.2) is 52.9 Å². The molecule has 0 aliphatic carbocycles. The van der Waals surface area contributed by atoms with E-state index in [1.165, 1.54) is 7.11 Å². The number of hydrogen-bond acceptors (Lipinski definition) is 7. The van der Waals surface area contributed by atoms with Gasteiger partial charge in [0.15, 0.2) is 0 Å². The van der Waals surface area contributed by atoms with Crippen LogP contribution in [0.15, 0.2) is 73.1 Å². The number of fused-ring (bicyclic) bond motifs is 1. The van der Waals surface area contributed by atoms with E-state index < -0.39 is 12.1 Å². The monoisotopic (exact) mass is 549 g/mol. The van der Waals surface area contributed by atoms with Gasteiger partial charge in [-0.15, -0.1) is 0 Å². The summed E-state index contributed by atoms with van der Waals surface area (Å²) in [5.74, 6) is 1.01. The van der Waals surface area contributed by atoms with Gasteiger partial charge in [-0.3, -0.25) is 0 Å². The van der Waals surface area contributed by atoms with Crippen LogP contribution in [0.4, 0.5) is 0 Å². The molecule has 0 fully saturated rings. The number of benzene rings is 2. The maximum absolute atomic E-state index is 11.9. The third-order valence-corrected chi connectivity index (χ3v) is 5.76. The minimum absolute atomic E-state index is 0.195. The van der Waals surface area contributed by atoms with Crippen molar-refractivity contribution in [2.24, 2.45) is 0 Å². The Labute approximate surface area is 237 Å². The summed E-state index contributed by atoms with van der Waals surface area (Å²) in [6.07, 6.45) is 3.51. The average Bonchev–Trinajstić information content (AvgIpc) is 3.48. The van der Waals surface area contributed by atoms with Crippen LogP contribution >= 0.6 is 0 Å². The molecule has 2 aromatic heterocycles. The first-order chi connectivity index (χ1) is 19.3. The first-order valence-electron chi connectivity index (χ1n) is 13.8. The first-order valence-corrected chi connectivity index (χ1v) is 13.8. The number of methoxy groups -OCH3 is 1. The number of aromatic nitrogens is 2. The Balaban J connectivity index is 0.00000134. The highest BCUT2D eigenvalue weighted by molar-refractivity contribution is 5.91. The van der Waals surface area contributed by atoms with Crippen molar-refractivity contribution in [2.75, 3.05) is 20.3 Å². The van der Waals surface area contributed by atoms with Gasteiger partial charge in [-0.1, -0.05) is 45.9 Å². The highest BCUT2D eigenvalue weighted by Crippen LogP contribution is 2.26. The number of H-pyrrole nitrogens is 1. The summed E-state index contributed by atoms with van der Waals surface area (Å²) in [7, 11) is 1.32. The van der Waals surface area contributed by atoms with E-state index in [9.17, 15) is 9.90 Å². The lowest BCUT2D eigenvalue weighted by Gasteiger charge is -2.28. The number of nitrogens with zero attached hydrogens (tertiary/aromatic N) is 1. The van der Waals surface area contributed by atoms with Crippen molar-refractivity contribution in [3.05, 3.63) is 84.2 Å². The van der Waals surface area contributed by atoms with Crippen molar-refractivity contribution in [3.8, 4) is 17.4 Å². The van der Waals surface area contributed by atoms with Gasteiger partial charge in [0.1, 0.15) is 29.8 Å². The zero-order valence-corrected chi connectivity index (χ0v) is 24.7. The lowest BCUT2D eigenvalue weighted by molar-refractivity contribution is 0.0597. The molecule has 1 unspecified atom stereocenters. The molecule has 0 bridgehead atoms. The Morgan fingerprint density at radius 2 is 1.75 bits per heavy atom. The third-order valence-electron chi connectivity index (χ3n) is 5.76. The summed E-state index contributed by atoms with van der Waals surface area (Å²) in [5, 5.41) is 14.9. The van der Waals surface area contributed by atoms with Gasteiger partial charge in [-0.2, -0.15) is 0 Å². The lowest BCUT2D eigenvalue weighted by Crippen LogP contribution is -2.46. The molecule has 1 atom stereocenters. The number of rotatable bonds is 11. The van der Waals surface area contributed by atoms with Crippen LogP contribution in [0.25, 0.3) is 10.9 Å². The third kappa shape index (κ3) is 9.39. The van der Waals surface area contributed by atoms with Crippen LogP contribution in [0.3, 0.4) is 0 Å². The van der Waals surface area contributed by atoms with Gasteiger partial charge < -0.3 is 29.6 Å². The fraction of sp³-hybridized carbons (Fsp3) is 0.375. The van der Waals surface area contributed by atoms with E-state index in [2.05, 4.69) is 29.1 Å². The van der Waals surface area contributed by atoms with Crippen molar-refractivity contribution < 1.29 is 24.1 Å². The van der Waals surface area contributed by atoms with Crippen LogP contribution in [-0.2, 0) is 11.2 Å². The van der Waals surface area contributed by atoms with E-state index in [0.29, 0.717) is 12.3 Å². The van der Waals surface area contributed by atoms with Gasteiger partial charge in [0.25, 0.3) is 0 Å². The molecule has 4 rings (SSSR count). The predicted molar refractivity (Wildman–Crippen MR) is 160 cm³/mol. The standard InChI is InChI=1S/C28H31N3O5.2C2H6/c1-28(2,31-17-20(32)18-35-25-8-4-7-24-22(25)13-15-29-24)16-19-9-11-21(12-10-19)36-26-23(27(33)34-3)6-5-14-30-26;2*1-2/h4-15,20,29,31-32H,16-18H2,1-3H3;2*1-2H3. The molecule has 0 amide bonds.